The molecule has 0 saturated carbocycles. The van der Waals surface area contributed by atoms with Crippen molar-refractivity contribution in [3.63, 3.8) is 0 Å². The number of benzene rings is 2. The summed E-state index contributed by atoms with van der Waals surface area (Å²) in [6.45, 7) is 7.40. The summed E-state index contributed by atoms with van der Waals surface area (Å²) in [6.07, 6.45) is 1.44. The number of rotatable bonds is 9. The van der Waals surface area contributed by atoms with Gasteiger partial charge in [-0.05, 0) is 65.6 Å². The number of hydrogen-bond donors (Lipinski definition) is 0. The molecular formula is C29H33FN2O3S. The van der Waals surface area contributed by atoms with Crippen molar-refractivity contribution in [1.29, 1.82) is 0 Å². The zero-order valence-electron chi connectivity index (χ0n) is 21.1. The van der Waals surface area contributed by atoms with E-state index in [1.54, 1.807) is 23.5 Å². The van der Waals surface area contributed by atoms with Crippen LogP contribution in [0.4, 0.5) is 4.39 Å². The fourth-order valence-electron chi connectivity index (χ4n) is 4.58. The second kappa shape index (κ2) is 11.7. The Morgan fingerprint density at radius 2 is 1.89 bits per heavy atom. The van der Waals surface area contributed by atoms with Crippen LogP contribution in [0.3, 0.4) is 0 Å². The number of ether oxygens (including phenoxy) is 1. The highest BCUT2D eigenvalue weighted by molar-refractivity contribution is 7.10. The maximum Gasteiger partial charge on any atom is 0.257 e. The molecule has 0 spiro atoms. The Hall–Kier alpha value is -3.19. The monoisotopic (exact) mass is 508 g/mol. The number of hydrogen-bond acceptors (Lipinski definition) is 4. The fraction of sp³-hybridized carbons (Fsp3) is 0.379. The second-order valence-electron chi connectivity index (χ2n) is 9.39. The predicted molar refractivity (Wildman–Crippen MR) is 141 cm³/mol. The molecule has 0 radical (unpaired) electrons. The minimum atomic E-state index is -0.577. The summed E-state index contributed by atoms with van der Waals surface area (Å²) in [7, 11) is 0. The van der Waals surface area contributed by atoms with Crippen molar-refractivity contribution >= 4 is 23.2 Å². The summed E-state index contributed by atoms with van der Waals surface area (Å²) >= 11 is 1.70. The molecule has 1 aliphatic rings. The largest absolute Gasteiger partial charge is 0.491 e. The van der Waals surface area contributed by atoms with Crippen LogP contribution in [0.5, 0.6) is 5.75 Å². The molecule has 2 aromatic carbocycles. The Labute approximate surface area is 216 Å². The van der Waals surface area contributed by atoms with Gasteiger partial charge in [-0.15, -0.1) is 11.3 Å². The van der Waals surface area contributed by atoms with Crippen molar-refractivity contribution < 1.29 is 18.7 Å². The molecule has 0 unspecified atom stereocenters. The van der Waals surface area contributed by atoms with E-state index >= 15 is 0 Å². The molecule has 0 N–H and O–H groups in total. The fourth-order valence-corrected chi connectivity index (χ4v) is 5.51. The maximum absolute atomic E-state index is 14.3. The van der Waals surface area contributed by atoms with Gasteiger partial charge in [-0.1, -0.05) is 45.0 Å². The highest BCUT2D eigenvalue weighted by atomic mass is 32.1. The van der Waals surface area contributed by atoms with E-state index in [0.29, 0.717) is 32.0 Å². The standard InChI is InChI=1S/C29H33FN2O3S/c1-4-15-31(29(34)23-7-5-6-8-25(23)30)18-28(33)32-16-13-27-24(14-17-36-27)26(32)19-35-22-11-9-21(10-12-22)20(2)3/h5-12,14,17,20,26H,4,13,15-16,18-19H2,1-3H3/t26-/m1/s1. The van der Waals surface area contributed by atoms with Crippen LogP contribution in [-0.4, -0.2) is 47.9 Å². The average Bonchev–Trinajstić information content (AvgIpc) is 3.36. The number of halogens is 1. The number of carbonyl (C=O) groups is 2. The minimum Gasteiger partial charge on any atom is -0.491 e. The van der Waals surface area contributed by atoms with Crippen molar-refractivity contribution in [2.24, 2.45) is 0 Å². The van der Waals surface area contributed by atoms with Crippen molar-refractivity contribution in [3.8, 4) is 5.75 Å². The number of amides is 2. The van der Waals surface area contributed by atoms with Gasteiger partial charge in [-0.25, -0.2) is 4.39 Å². The smallest absolute Gasteiger partial charge is 0.257 e. The molecule has 3 aromatic rings. The molecular weight excluding hydrogens is 475 g/mol. The first-order chi connectivity index (χ1) is 17.4. The summed E-state index contributed by atoms with van der Waals surface area (Å²) in [4.78, 5) is 31.2. The quantitative estimate of drug-likeness (QED) is 0.353. The van der Waals surface area contributed by atoms with E-state index in [1.165, 1.54) is 27.5 Å². The zero-order valence-corrected chi connectivity index (χ0v) is 21.9. The molecule has 0 aliphatic carbocycles. The summed E-state index contributed by atoms with van der Waals surface area (Å²) in [5, 5.41) is 2.05. The summed E-state index contributed by atoms with van der Waals surface area (Å²) in [5.74, 6) is 0.00326. The Kier molecular flexibility index (Phi) is 8.41. The topological polar surface area (TPSA) is 49.9 Å². The van der Waals surface area contributed by atoms with Gasteiger partial charge >= 0.3 is 0 Å². The first kappa shape index (κ1) is 25.9. The molecule has 4 rings (SSSR count). The van der Waals surface area contributed by atoms with Crippen molar-refractivity contribution in [2.45, 2.75) is 45.6 Å². The Balaban J connectivity index is 1.51. The lowest BCUT2D eigenvalue weighted by molar-refractivity contribution is -0.135. The van der Waals surface area contributed by atoms with Gasteiger partial charge in [0.15, 0.2) is 0 Å². The van der Waals surface area contributed by atoms with E-state index in [1.807, 2.05) is 29.3 Å². The molecule has 2 amide bonds. The minimum absolute atomic E-state index is 0.0118. The van der Waals surface area contributed by atoms with Crippen LogP contribution in [0.2, 0.25) is 0 Å². The third-order valence-electron chi connectivity index (χ3n) is 6.58. The van der Waals surface area contributed by atoms with E-state index < -0.39 is 11.7 Å². The highest BCUT2D eigenvalue weighted by Gasteiger charge is 2.33. The molecule has 1 atom stereocenters. The molecule has 5 nitrogen and oxygen atoms in total. The first-order valence-corrected chi connectivity index (χ1v) is 13.4. The third-order valence-corrected chi connectivity index (χ3v) is 7.58. The average molecular weight is 509 g/mol. The third kappa shape index (κ3) is 5.78. The molecule has 0 saturated heterocycles. The predicted octanol–water partition coefficient (Wildman–Crippen LogP) is 6.07. The van der Waals surface area contributed by atoms with Crippen molar-refractivity contribution in [3.05, 3.63) is 87.4 Å². The van der Waals surface area contributed by atoms with E-state index in [9.17, 15) is 14.0 Å². The van der Waals surface area contributed by atoms with Crippen molar-refractivity contribution in [2.75, 3.05) is 26.2 Å². The van der Waals surface area contributed by atoms with E-state index in [0.717, 1.165) is 17.7 Å². The SMILES string of the molecule is CCCN(CC(=O)N1CCc2sccc2[C@H]1COc1ccc(C(C)C)cc1)C(=O)c1ccccc1F. The lowest BCUT2D eigenvalue weighted by Crippen LogP contribution is -2.48. The number of fused-ring (bicyclic) bond motifs is 1. The van der Waals surface area contributed by atoms with Crippen LogP contribution in [0.25, 0.3) is 0 Å². The van der Waals surface area contributed by atoms with Gasteiger partial charge in [0, 0.05) is 18.0 Å². The van der Waals surface area contributed by atoms with Crippen LogP contribution in [0.15, 0.2) is 60.0 Å². The molecule has 36 heavy (non-hydrogen) atoms. The van der Waals surface area contributed by atoms with E-state index in [2.05, 4.69) is 32.0 Å². The molecule has 7 heteroatoms. The summed E-state index contributed by atoms with van der Waals surface area (Å²) < 4.78 is 20.4. The first-order valence-electron chi connectivity index (χ1n) is 12.5. The highest BCUT2D eigenvalue weighted by Crippen LogP contribution is 2.34. The lowest BCUT2D eigenvalue weighted by atomic mass is 10.00. The second-order valence-corrected chi connectivity index (χ2v) is 10.4. The van der Waals surface area contributed by atoms with E-state index in [-0.39, 0.29) is 24.1 Å². The van der Waals surface area contributed by atoms with Gasteiger partial charge < -0.3 is 14.5 Å². The van der Waals surface area contributed by atoms with Crippen molar-refractivity contribution in [1.82, 2.24) is 9.80 Å². The van der Waals surface area contributed by atoms with Crippen LogP contribution in [-0.2, 0) is 11.2 Å². The molecule has 190 valence electrons. The van der Waals surface area contributed by atoms with Gasteiger partial charge in [-0.2, -0.15) is 0 Å². The normalized spacial score (nSPS) is 15.0. The summed E-state index contributed by atoms with van der Waals surface area (Å²) in [6, 6.07) is 15.8. The Bertz CT molecular complexity index is 1190. The zero-order chi connectivity index (χ0) is 25.7. The lowest BCUT2D eigenvalue weighted by Gasteiger charge is -2.37. The van der Waals surface area contributed by atoms with Crippen LogP contribution in [0, 0.1) is 5.82 Å². The van der Waals surface area contributed by atoms with Gasteiger partial charge in [0.1, 0.15) is 24.7 Å². The van der Waals surface area contributed by atoms with E-state index in [4.69, 9.17) is 4.74 Å². The van der Waals surface area contributed by atoms with Gasteiger partial charge in [0.2, 0.25) is 5.91 Å². The van der Waals surface area contributed by atoms with Crippen LogP contribution >= 0.6 is 11.3 Å². The van der Waals surface area contributed by atoms with Gasteiger partial charge in [-0.3, -0.25) is 9.59 Å². The number of carbonyl (C=O) groups excluding carboxylic acids is 2. The van der Waals surface area contributed by atoms with Gasteiger partial charge in [0.05, 0.1) is 11.6 Å². The Morgan fingerprint density at radius 1 is 1.14 bits per heavy atom. The number of thiophene rings is 1. The molecule has 1 aliphatic heterocycles. The molecule has 0 bridgehead atoms. The summed E-state index contributed by atoms with van der Waals surface area (Å²) in [5.41, 5.74) is 2.33. The Morgan fingerprint density at radius 3 is 2.58 bits per heavy atom. The molecule has 0 fully saturated rings. The van der Waals surface area contributed by atoms with Gasteiger partial charge in [0.25, 0.3) is 5.91 Å². The number of nitrogens with zero attached hydrogens (tertiary/aromatic N) is 2. The van der Waals surface area contributed by atoms with Crippen LogP contribution < -0.4 is 4.74 Å². The molecule has 2 heterocycles. The molecule has 1 aromatic heterocycles. The van der Waals surface area contributed by atoms with Crippen LogP contribution in [0.1, 0.15) is 65.5 Å². The maximum atomic E-state index is 14.3.